The molecule has 0 bridgehead atoms. The second kappa shape index (κ2) is 7.72. The smallest absolute Gasteiger partial charge is 0.305 e. The van der Waals surface area contributed by atoms with Crippen LogP contribution in [-0.2, 0) is 9.53 Å². The van der Waals surface area contributed by atoms with Crippen LogP contribution in [0.1, 0.15) is 64.7 Å². The molecule has 2 nitrogen and oxygen atoms in total. The van der Waals surface area contributed by atoms with Gasteiger partial charge >= 0.3 is 5.97 Å². The summed E-state index contributed by atoms with van der Waals surface area (Å²) >= 11 is 0. The molecular weight excluding hydrogens is 188 g/mol. The summed E-state index contributed by atoms with van der Waals surface area (Å²) in [6.45, 7) is 2.38. The first-order chi connectivity index (χ1) is 7.33. The lowest BCUT2D eigenvalue weighted by Gasteiger charge is -2.12. The minimum atomic E-state index is -0.0221. The molecule has 1 aliphatic rings. The van der Waals surface area contributed by atoms with Crippen molar-refractivity contribution in [3.63, 3.8) is 0 Å². The summed E-state index contributed by atoms with van der Waals surface area (Å²) in [4.78, 5) is 11.1. The van der Waals surface area contributed by atoms with E-state index in [1.807, 2.05) is 6.92 Å². The van der Waals surface area contributed by atoms with Crippen molar-refractivity contribution in [3.05, 3.63) is 0 Å². The maximum Gasteiger partial charge on any atom is 0.305 e. The van der Waals surface area contributed by atoms with Crippen LogP contribution in [0.2, 0.25) is 0 Å². The van der Waals surface area contributed by atoms with Crippen LogP contribution in [0.15, 0.2) is 0 Å². The average Bonchev–Trinajstić information content (AvgIpc) is 2.47. The molecule has 0 amide bonds. The van der Waals surface area contributed by atoms with Gasteiger partial charge in [-0.1, -0.05) is 38.5 Å². The van der Waals surface area contributed by atoms with Crippen LogP contribution in [0.5, 0.6) is 0 Å². The van der Waals surface area contributed by atoms with E-state index < -0.39 is 0 Å². The SMILES string of the molecule is CCOC(=O)CCCC1CCCCCC1. The second-order valence-electron chi connectivity index (χ2n) is 4.55. The Kier molecular flexibility index (Phi) is 6.45. The summed E-state index contributed by atoms with van der Waals surface area (Å²) in [5.41, 5.74) is 0. The van der Waals surface area contributed by atoms with E-state index in [1.165, 1.54) is 44.9 Å². The number of hydrogen-bond acceptors (Lipinski definition) is 2. The first-order valence-corrected chi connectivity index (χ1v) is 6.48. The summed E-state index contributed by atoms with van der Waals surface area (Å²) in [6.07, 6.45) is 11.2. The van der Waals surface area contributed by atoms with Crippen LogP contribution in [0.3, 0.4) is 0 Å². The van der Waals surface area contributed by atoms with E-state index in [2.05, 4.69) is 0 Å². The van der Waals surface area contributed by atoms with E-state index in [9.17, 15) is 4.79 Å². The standard InChI is InChI=1S/C13H24O2/c1-2-15-13(14)11-7-10-12-8-5-3-4-6-9-12/h12H,2-11H2,1H3. The van der Waals surface area contributed by atoms with Gasteiger partial charge in [-0.2, -0.15) is 0 Å². The molecule has 0 aromatic heterocycles. The van der Waals surface area contributed by atoms with Gasteiger partial charge in [0.2, 0.25) is 0 Å². The van der Waals surface area contributed by atoms with Crippen molar-refractivity contribution in [2.24, 2.45) is 5.92 Å². The number of ether oxygens (including phenoxy) is 1. The number of rotatable bonds is 5. The molecule has 15 heavy (non-hydrogen) atoms. The molecule has 0 spiro atoms. The molecule has 0 N–H and O–H groups in total. The van der Waals surface area contributed by atoms with Crippen LogP contribution < -0.4 is 0 Å². The highest BCUT2D eigenvalue weighted by Crippen LogP contribution is 2.26. The zero-order valence-corrected chi connectivity index (χ0v) is 9.96. The maximum absolute atomic E-state index is 11.1. The van der Waals surface area contributed by atoms with E-state index in [0.717, 1.165) is 12.3 Å². The predicted molar refractivity (Wildman–Crippen MR) is 61.7 cm³/mol. The minimum absolute atomic E-state index is 0.0221. The summed E-state index contributed by atoms with van der Waals surface area (Å²) in [5.74, 6) is 0.855. The Bertz CT molecular complexity index is 169. The van der Waals surface area contributed by atoms with Crippen molar-refractivity contribution < 1.29 is 9.53 Å². The zero-order valence-electron chi connectivity index (χ0n) is 9.96. The van der Waals surface area contributed by atoms with Crippen molar-refractivity contribution in [1.29, 1.82) is 0 Å². The summed E-state index contributed by atoms with van der Waals surface area (Å²) in [5, 5.41) is 0. The Morgan fingerprint density at radius 1 is 1.20 bits per heavy atom. The summed E-state index contributed by atoms with van der Waals surface area (Å²) in [6, 6.07) is 0. The molecule has 1 fully saturated rings. The molecule has 88 valence electrons. The molecule has 0 aromatic carbocycles. The van der Waals surface area contributed by atoms with Gasteiger partial charge < -0.3 is 4.74 Å². The van der Waals surface area contributed by atoms with Crippen LogP contribution in [0, 0.1) is 5.92 Å². The molecule has 0 aliphatic heterocycles. The van der Waals surface area contributed by atoms with Gasteiger partial charge in [0, 0.05) is 6.42 Å². The molecule has 0 atom stereocenters. The first kappa shape index (κ1) is 12.5. The number of hydrogen-bond donors (Lipinski definition) is 0. The van der Waals surface area contributed by atoms with Gasteiger partial charge in [0.15, 0.2) is 0 Å². The van der Waals surface area contributed by atoms with E-state index in [4.69, 9.17) is 4.74 Å². The monoisotopic (exact) mass is 212 g/mol. The summed E-state index contributed by atoms with van der Waals surface area (Å²) < 4.78 is 4.92. The van der Waals surface area contributed by atoms with Crippen LogP contribution >= 0.6 is 0 Å². The van der Waals surface area contributed by atoms with Gasteiger partial charge in [0.05, 0.1) is 6.61 Å². The van der Waals surface area contributed by atoms with E-state index in [-0.39, 0.29) is 5.97 Å². The molecule has 0 saturated heterocycles. The number of carbonyl (C=O) groups excluding carboxylic acids is 1. The van der Waals surface area contributed by atoms with Crippen molar-refractivity contribution in [2.75, 3.05) is 6.61 Å². The highest BCUT2D eigenvalue weighted by atomic mass is 16.5. The molecule has 1 aliphatic carbocycles. The van der Waals surface area contributed by atoms with Crippen LogP contribution in [0.4, 0.5) is 0 Å². The highest BCUT2D eigenvalue weighted by molar-refractivity contribution is 5.69. The normalized spacial score (nSPS) is 18.5. The van der Waals surface area contributed by atoms with Gasteiger partial charge in [-0.3, -0.25) is 4.79 Å². The molecule has 1 rings (SSSR count). The van der Waals surface area contributed by atoms with Gasteiger partial charge in [-0.05, 0) is 25.7 Å². The summed E-state index contributed by atoms with van der Waals surface area (Å²) in [7, 11) is 0. The molecule has 0 unspecified atom stereocenters. The molecule has 1 saturated carbocycles. The molecule has 0 aromatic rings. The maximum atomic E-state index is 11.1. The number of carbonyl (C=O) groups is 1. The Hall–Kier alpha value is -0.530. The van der Waals surface area contributed by atoms with Gasteiger partial charge in [0.1, 0.15) is 0 Å². The quantitative estimate of drug-likeness (QED) is 0.513. The molecule has 0 radical (unpaired) electrons. The zero-order chi connectivity index (χ0) is 10.9. The van der Waals surface area contributed by atoms with Gasteiger partial charge in [0.25, 0.3) is 0 Å². The third-order valence-electron chi connectivity index (χ3n) is 3.27. The minimum Gasteiger partial charge on any atom is -0.466 e. The Morgan fingerprint density at radius 2 is 1.87 bits per heavy atom. The number of esters is 1. The van der Waals surface area contributed by atoms with E-state index in [0.29, 0.717) is 13.0 Å². The van der Waals surface area contributed by atoms with Gasteiger partial charge in [-0.25, -0.2) is 0 Å². The fourth-order valence-corrected chi connectivity index (χ4v) is 2.42. The lowest BCUT2D eigenvalue weighted by atomic mass is 9.94. The molecule has 2 heteroatoms. The lowest BCUT2D eigenvalue weighted by Crippen LogP contribution is -2.05. The third-order valence-corrected chi connectivity index (χ3v) is 3.27. The topological polar surface area (TPSA) is 26.3 Å². The Morgan fingerprint density at radius 3 is 2.47 bits per heavy atom. The van der Waals surface area contributed by atoms with Crippen molar-refractivity contribution >= 4 is 5.97 Å². The largest absolute Gasteiger partial charge is 0.466 e. The lowest BCUT2D eigenvalue weighted by molar-refractivity contribution is -0.143. The molecular formula is C13H24O2. The Labute approximate surface area is 93.4 Å². The van der Waals surface area contributed by atoms with Crippen molar-refractivity contribution in [2.45, 2.75) is 64.7 Å². The van der Waals surface area contributed by atoms with Crippen LogP contribution in [-0.4, -0.2) is 12.6 Å². The second-order valence-corrected chi connectivity index (χ2v) is 4.55. The van der Waals surface area contributed by atoms with E-state index in [1.54, 1.807) is 0 Å². The molecule has 0 heterocycles. The van der Waals surface area contributed by atoms with Crippen LogP contribution in [0.25, 0.3) is 0 Å². The first-order valence-electron chi connectivity index (χ1n) is 6.48. The predicted octanol–water partition coefficient (Wildman–Crippen LogP) is 3.69. The van der Waals surface area contributed by atoms with E-state index >= 15 is 0 Å². The van der Waals surface area contributed by atoms with Crippen molar-refractivity contribution in [1.82, 2.24) is 0 Å². The fourth-order valence-electron chi connectivity index (χ4n) is 2.42. The fraction of sp³-hybridized carbons (Fsp3) is 0.923. The third kappa shape index (κ3) is 5.81. The highest BCUT2D eigenvalue weighted by Gasteiger charge is 2.12. The van der Waals surface area contributed by atoms with Gasteiger partial charge in [-0.15, -0.1) is 0 Å². The Balaban J connectivity index is 2.05. The average molecular weight is 212 g/mol. The van der Waals surface area contributed by atoms with Crippen molar-refractivity contribution in [3.8, 4) is 0 Å².